The molecule has 4 nitrogen and oxygen atoms in total. The molecule has 21 heavy (non-hydrogen) atoms. The molecule has 1 amide bonds. The molecule has 0 bridgehead atoms. The van der Waals surface area contributed by atoms with Crippen molar-refractivity contribution >= 4 is 11.9 Å². The van der Waals surface area contributed by atoms with E-state index in [-0.39, 0.29) is 17.7 Å². The zero-order valence-electron chi connectivity index (χ0n) is 12.5. The van der Waals surface area contributed by atoms with Crippen LogP contribution < -0.4 is 0 Å². The Kier molecular flexibility index (Phi) is 3.47. The maximum absolute atomic E-state index is 12.5. The number of nitrogens with zero attached hydrogens (tertiary/aromatic N) is 1. The number of carbonyl (C=O) groups is 2. The monoisotopic (exact) mass is 287 g/mol. The molecule has 2 fully saturated rings. The normalized spacial score (nSPS) is 31.2. The highest BCUT2D eigenvalue weighted by molar-refractivity contribution is 5.84. The molecule has 4 atom stereocenters. The maximum atomic E-state index is 12.5. The summed E-state index contributed by atoms with van der Waals surface area (Å²) in [7, 11) is 0. The Morgan fingerprint density at radius 2 is 1.90 bits per heavy atom. The number of aryl methyl sites for hydroxylation is 1. The van der Waals surface area contributed by atoms with Gasteiger partial charge in [-0.05, 0) is 36.3 Å². The highest BCUT2D eigenvalue weighted by Gasteiger charge is 2.48. The standard InChI is InChI=1S/C17H21NO3/c1-10-5-3-4-6-12(10)13-7-14(13)16(19)18-8-11(2)15(9-18)17(20)21/h3-6,11,13-15H,7-9H2,1-2H3,(H,20,21)/t11-,13?,14?,15-/m1/s1. The lowest BCUT2D eigenvalue weighted by Crippen LogP contribution is -2.31. The third-order valence-electron chi connectivity index (χ3n) is 4.94. The molecule has 1 aromatic rings. The predicted molar refractivity (Wildman–Crippen MR) is 78.9 cm³/mol. The molecule has 0 aromatic heterocycles. The van der Waals surface area contributed by atoms with E-state index in [1.807, 2.05) is 19.1 Å². The van der Waals surface area contributed by atoms with Crippen LogP contribution in [0, 0.1) is 24.7 Å². The van der Waals surface area contributed by atoms with Crippen LogP contribution in [-0.2, 0) is 9.59 Å². The van der Waals surface area contributed by atoms with Crippen molar-refractivity contribution in [1.82, 2.24) is 4.90 Å². The number of likely N-dealkylation sites (tertiary alicyclic amines) is 1. The molecule has 4 heteroatoms. The first-order chi connectivity index (χ1) is 9.99. The van der Waals surface area contributed by atoms with Crippen LogP contribution in [0.25, 0.3) is 0 Å². The predicted octanol–water partition coefficient (Wildman–Crippen LogP) is 2.28. The fourth-order valence-electron chi connectivity index (χ4n) is 3.52. The SMILES string of the molecule is Cc1ccccc1C1CC1C(=O)N1C[C@@H](C)[C@H](C(=O)O)C1. The Morgan fingerprint density at radius 1 is 1.19 bits per heavy atom. The van der Waals surface area contributed by atoms with Gasteiger partial charge in [-0.2, -0.15) is 0 Å². The Labute approximate surface area is 124 Å². The van der Waals surface area contributed by atoms with Crippen molar-refractivity contribution in [1.29, 1.82) is 0 Å². The van der Waals surface area contributed by atoms with Gasteiger partial charge < -0.3 is 10.0 Å². The quantitative estimate of drug-likeness (QED) is 0.928. The van der Waals surface area contributed by atoms with E-state index in [2.05, 4.69) is 19.1 Å². The molecule has 0 radical (unpaired) electrons. The number of hydrogen-bond donors (Lipinski definition) is 1. The van der Waals surface area contributed by atoms with Crippen molar-refractivity contribution < 1.29 is 14.7 Å². The minimum absolute atomic E-state index is 0.0436. The summed E-state index contributed by atoms with van der Waals surface area (Å²) in [5.41, 5.74) is 2.49. The maximum Gasteiger partial charge on any atom is 0.308 e. The molecule has 112 valence electrons. The van der Waals surface area contributed by atoms with Gasteiger partial charge in [-0.25, -0.2) is 0 Å². The first-order valence-corrected chi connectivity index (χ1v) is 7.56. The molecule has 1 saturated heterocycles. The van der Waals surface area contributed by atoms with Gasteiger partial charge in [0.05, 0.1) is 5.92 Å². The summed E-state index contributed by atoms with van der Waals surface area (Å²) in [5.74, 6) is -0.654. The third kappa shape index (κ3) is 2.55. The second kappa shape index (κ2) is 5.17. The average molecular weight is 287 g/mol. The summed E-state index contributed by atoms with van der Waals surface area (Å²) >= 11 is 0. The molecule has 0 spiro atoms. The van der Waals surface area contributed by atoms with Crippen molar-refractivity contribution in [3.8, 4) is 0 Å². The summed E-state index contributed by atoms with van der Waals surface area (Å²) in [4.78, 5) is 25.5. The van der Waals surface area contributed by atoms with Crippen LogP contribution in [-0.4, -0.2) is 35.0 Å². The molecule has 1 aromatic carbocycles. The lowest BCUT2D eigenvalue weighted by Gasteiger charge is -2.16. The number of carbonyl (C=O) groups excluding carboxylic acids is 1. The average Bonchev–Trinajstić information content (AvgIpc) is 3.13. The minimum atomic E-state index is -0.788. The Morgan fingerprint density at radius 3 is 2.52 bits per heavy atom. The van der Waals surface area contributed by atoms with Crippen LogP contribution in [0.5, 0.6) is 0 Å². The van der Waals surface area contributed by atoms with Gasteiger partial charge in [-0.3, -0.25) is 9.59 Å². The van der Waals surface area contributed by atoms with Crippen molar-refractivity contribution in [2.24, 2.45) is 17.8 Å². The lowest BCUT2D eigenvalue weighted by atomic mass is 9.99. The zero-order chi connectivity index (χ0) is 15.1. The third-order valence-corrected chi connectivity index (χ3v) is 4.94. The minimum Gasteiger partial charge on any atom is -0.481 e. The van der Waals surface area contributed by atoms with E-state index >= 15 is 0 Å². The van der Waals surface area contributed by atoms with Gasteiger partial charge in [-0.15, -0.1) is 0 Å². The van der Waals surface area contributed by atoms with Gasteiger partial charge in [0, 0.05) is 19.0 Å². The molecule has 1 saturated carbocycles. The number of rotatable bonds is 3. The fraction of sp³-hybridized carbons (Fsp3) is 0.529. The molecule has 1 N–H and O–H groups in total. The van der Waals surface area contributed by atoms with Gasteiger partial charge in [0.25, 0.3) is 0 Å². The topological polar surface area (TPSA) is 57.6 Å². The molecule has 1 heterocycles. The van der Waals surface area contributed by atoms with Gasteiger partial charge in [0.1, 0.15) is 0 Å². The van der Waals surface area contributed by atoms with Crippen molar-refractivity contribution in [2.75, 3.05) is 13.1 Å². The molecular formula is C17H21NO3. The van der Waals surface area contributed by atoms with E-state index in [0.29, 0.717) is 19.0 Å². The van der Waals surface area contributed by atoms with Crippen LogP contribution in [0.1, 0.15) is 30.4 Å². The van der Waals surface area contributed by atoms with Crippen LogP contribution >= 0.6 is 0 Å². The second-order valence-electron chi connectivity index (χ2n) is 6.47. The van der Waals surface area contributed by atoms with E-state index in [1.54, 1.807) is 4.90 Å². The van der Waals surface area contributed by atoms with E-state index in [9.17, 15) is 9.59 Å². The largest absolute Gasteiger partial charge is 0.481 e. The number of amides is 1. The number of aliphatic carboxylic acids is 1. The van der Waals surface area contributed by atoms with Crippen LogP contribution in [0.3, 0.4) is 0 Å². The first kappa shape index (κ1) is 14.1. The molecule has 1 aliphatic heterocycles. The van der Waals surface area contributed by atoms with Gasteiger partial charge in [0.15, 0.2) is 0 Å². The lowest BCUT2D eigenvalue weighted by molar-refractivity contribution is -0.142. The molecule has 2 aliphatic rings. The van der Waals surface area contributed by atoms with Gasteiger partial charge in [0.2, 0.25) is 5.91 Å². The number of carboxylic acid groups (broad SMARTS) is 1. The molecule has 1 aliphatic carbocycles. The Balaban J connectivity index is 1.66. The van der Waals surface area contributed by atoms with Gasteiger partial charge >= 0.3 is 5.97 Å². The summed E-state index contributed by atoms with van der Waals surface area (Å²) in [6.07, 6.45) is 0.895. The molecular weight excluding hydrogens is 266 g/mol. The molecule has 3 rings (SSSR count). The van der Waals surface area contributed by atoms with E-state index < -0.39 is 11.9 Å². The fourth-order valence-corrected chi connectivity index (χ4v) is 3.52. The number of carboxylic acids is 1. The second-order valence-corrected chi connectivity index (χ2v) is 6.47. The van der Waals surface area contributed by atoms with E-state index in [0.717, 1.165) is 6.42 Å². The summed E-state index contributed by atoms with van der Waals surface area (Å²) < 4.78 is 0. The highest BCUT2D eigenvalue weighted by Crippen LogP contribution is 2.50. The summed E-state index contributed by atoms with van der Waals surface area (Å²) in [6.45, 7) is 4.94. The summed E-state index contributed by atoms with van der Waals surface area (Å²) in [5, 5.41) is 9.17. The highest BCUT2D eigenvalue weighted by atomic mass is 16.4. The van der Waals surface area contributed by atoms with Crippen LogP contribution in [0.2, 0.25) is 0 Å². The zero-order valence-corrected chi connectivity index (χ0v) is 12.5. The van der Waals surface area contributed by atoms with Crippen LogP contribution in [0.15, 0.2) is 24.3 Å². The van der Waals surface area contributed by atoms with Crippen molar-refractivity contribution in [2.45, 2.75) is 26.2 Å². The van der Waals surface area contributed by atoms with Gasteiger partial charge in [-0.1, -0.05) is 31.2 Å². The number of benzene rings is 1. The Hall–Kier alpha value is -1.84. The summed E-state index contributed by atoms with van der Waals surface area (Å²) in [6, 6.07) is 8.20. The van der Waals surface area contributed by atoms with Crippen molar-refractivity contribution in [3.05, 3.63) is 35.4 Å². The smallest absolute Gasteiger partial charge is 0.308 e. The van der Waals surface area contributed by atoms with E-state index in [1.165, 1.54) is 11.1 Å². The van der Waals surface area contributed by atoms with Crippen LogP contribution in [0.4, 0.5) is 0 Å². The molecule has 2 unspecified atom stereocenters. The van der Waals surface area contributed by atoms with Crippen molar-refractivity contribution in [3.63, 3.8) is 0 Å². The Bertz CT molecular complexity index is 583. The van der Waals surface area contributed by atoms with E-state index in [4.69, 9.17) is 5.11 Å². The first-order valence-electron chi connectivity index (χ1n) is 7.56. The number of hydrogen-bond acceptors (Lipinski definition) is 2.